The van der Waals surface area contributed by atoms with Crippen LogP contribution in [0, 0.1) is 6.92 Å². The van der Waals surface area contributed by atoms with Crippen molar-refractivity contribution in [3.63, 3.8) is 0 Å². The third-order valence-corrected chi connectivity index (χ3v) is 5.80. The Morgan fingerprint density at radius 1 is 1.24 bits per heavy atom. The van der Waals surface area contributed by atoms with Crippen LogP contribution in [0.1, 0.15) is 12.0 Å². The first-order chi connectivity index (χ1) is 10.2. The first kappa shape index (κ1) is 14.9. The van der Waals surface area contributed by atoms with E-state index in [0.29, 0.717) is 5.50 Å². The van der Waals surface area contributed by atoms with Gasteiger partial charge in [0.15, 0.2) is 0 Å². The molecule has 1 heterocycles. The standard InChI is InChI=1S/C17H20N2S2/c1-13-3-7-15(8-4-13)21-16-9-5-14(6-10-16)18-17-19(2)11-12-20-17/h3-5,7-10,17H,6,11-12H2,1-2H3. The van der Waals surface area contributed by atoms with E-state index in [1.54, 1.807) is 0 Å². The fraction of sp³-hybridized carbons (Fsp3) is 0.353. The van der Waals surface area contributed by atoms with E-state index >= 15 is 0 Å². The van der Waals surface area contributed by atoms with E-state index in [2.05, 4.69) is 61.4 Å². The highest BCUT2D eigenvalue weighted by atomic mass is 32.2. The molecule has 0 bridgehead atoms. The molecular formula is C17H20N2S2. The molecule has 1 saturated heterocycles. The summed E-state index contributed by atoms with van der Waals surface area (Å²) in [6.07, 6.45) is 7.58. The average Bonchev–Trinajstić information content (AvgIpc) is 2.89. The summed E-state index contributed by atoms with van der Waals surface area (Å²) in [4.78, 5) is 9.75. The van der Waals surface area contributed by atoms with Gasteiger partial charge in [-0.15, -0.1) is 11.8 Å². The van der Waals surface area contributed by atoms with E-state index < -0.39 is 0 Å². The van der Waals surface area contributed by atoms with E-state index in [-0.39, 0.29) is 0 Å². The van der Waals surface area contributed by atoms with E-state index in [4.69, 9.17) is 4.99 Å². The summed E-state index contributed by atoms with van der Waals surface area (Å²) in [5.74, 6) is 1.19. The van der Waals surface area contributed by atoms with E-state index in [1.807, 2.05) is 23.5 Å². The van der Waals surface area contributed by atoms with Crippen LogP contribution < -0.4 is 0 Å². The van der Waals surface area contributed by atoms with Gasteiger partial charge in [0.2, 0.25) is 0 Å². The molecule has 0 saturated carbocycles. The number of aryl methyl sites for hydroxylation is 1. The molecule has 1 aliphatic carbocycles. The molecule has 21 heavy (non-hydrogen) atoms. The molecule has 3 rings (SSSR count). The van der Waals surface area contributed by atoms with Gasteiger partial charge in [0, 0.05) is 34.2 Å². The lowest BCUT2D eigenvalue weighted by molar-refractivity contribution is 0.360. The van der Waals surface area contributed by atoms with Crippen molar-refractivity contribution in [1.82, 2.24) is 4.90 Å². The van der Waals surface area contributed by atoms with Gasteiger partial charge in [-0.3, -0.25) is 9.89 Å². The van der Waals surface area contributed by atoms with Crippen molar-refractivity contribution in [3.8, 4) is 0 Å². The van der Waals surface area contributed by atoms with Gasteiger partial charge in [0.1, 0.15) is 5.50 Å². The van der Waals surface area contributed by atoms with Gasteiger partial charge in [-0.1, -0.05) is 35.5 Å². The number of allylic oxidation sites excluding steroid dienone is 3. The predicted octanol–water partition coefficient (Wildman–Crippen LogP) is 4.33. The summed E-state index contributed by atoms with van der Waals surface area (Å²) in [7, 11) is 2.15. The zero-order chi connectivity index (χ0) is 14.7. The van der Waals surface area contributed by atoms with Gasteiger partial charge in [-0.05, 0) is 38.3 Å². The Morgan fingerprint density at radius 3 is 2.67 bits per heavy atom. The lowest BCUT2D eigenvalue weighted by Gasteiger charge is -2.16. The third kappa shape index (κ3) is 4.02. The minimum absolute atomic E-state index is 0.310. The highest BCUT2D eigenvalue weighted by molar-refractivity contribution is 8.03. The molecule has 110 valence electrons. The van der Waals surface area contributed by atoms with Crippen molar-refractivity contribution >= 4 is 29.2 Å². The van der Waals surface area contributed by atoms with Crippen LogP contribution in [0.4, 0.5) is 0 Å². The molecule has 0 spiro atoms. The minimum atomic E-state index is 0.310. The maximum Gasteiger partial charge on any atom is 0.149 e. The van der Waals surface area contributed by atoms with Crippen LogP contribution in [0.5, 0.6) is 0 Å². The van der Waals surface area contributed by atoms with Crippen LogP contribution in [-0.2, 0) is 0 Å². The van der Waals surface area contributed by atoms with Crippen molar-refractivity contribution in [2.24, 2.45) is 4.99 Å². The highest BCUT2D eigenvalue weighted by Crippen LogP contribution is 2.30. The Morgan fingerprint density at radius 2 is 2.05 bits per heavy atom. The Balaban J connectivity index is 1.61. The molecule has 0 N–H and O–H groups in total. The summed E-state index contributed by atoms with van der Waals surface area (Å²) in [5, 5.41) is 0. The predicted molar refractivity (Wildman–Crippen MR) is 95.2 cm³/mol. The highest BCUT2D eigenvalue weighted by Gasteiger charge is 2.20. The smallest absolute Gasteiger partial charge is 0.149 e. The van der Waals surface area contributed by atoms with Gasteiger partial charge in [0.05, 0.1) is 0 Å². The Bertz CT molecular complexity index is 587. The van der Waals surface area contributed by atoms with Crippen LogP contribution >= 0.6 is 23.5 Å². The Hall–Kier alpha value is -0.970. The molecule has 1 aliphatic heterocycles. The molecule has 1 fully saturated rings. The van der Waals surface area contributed by atoms with Crippen molar-refractivity contribution in [1.29, 1.82) is 0 Å². The topological polar surface area (TPSA) is 15.6 Å². The molecule has 1 aromatic carbocycles. The van der Waals surface area contributed by atoms with Crippen LogP contribution in [0.2, 0.25) is 0 Å². The monoisotopic (exact) mass is 316 g/mol. The molecule has 0 amide bonds. The van der Waals surface area contributed by atoms with Crippen LogP contribution in [0.25, 0.3) is 0 Å². The number of rotatable bonds is 3. The normalized spacial score (nSPS) is 24.6. The number of aliphatic imine (C=N–C) groups is 1. The van der Waals surface area contributed by atoms with Gasteiger partial charge >= 0.3 is 0 Å². The first-order valence-electron chi connectivity index (χ1n) is 7.22. The molecule has 2 aliphatic rings. The lowest BCUT2D eigenvalue weighted by atomic mass is 10.1. The Labute approximate surface area is 135 Å². The molecule has 1 aromatic rings. The van der Waals surface area contributed by atoms with Crippen molar-refractivity contribution in [3.05, 3.63) is 53.0 Å². The summed E-state index contributed by atoms with van der Waals surface area (Å²) >= 11 is 3.75. The number of nitrogens with zero attached hydrogens (tertiary/aromatic N) is 2. The maximum atomic E-state index is 4.83. The van der Waals surface area contributed by atoms with Gasteiger partial charge in [-0.2, -0.15) is 0 Å². The molecule has 4 heteroatoms. The molecule has 2 nitrogen and oxygen atoms in total. The average molecular weight is 316 g/mol. The molecule has 1 atom stereocenters. The largest absolute Gasteiger partial charge is 0.276 e. The number of hydrogen-bond acceptors (Lipinski definition) is 4. The first-order valence-corrected chi connectivity index (χ1v) is 9.08. The summed E-state index contributed by atoms with van der Waals surface area (Å²) in [6, 6.07) is 8.69. The van der Waals surface area contributed by atoms with Gasteiger partial charge < -0.3 is 0 Å². The minimum Gasteiger partial charge on any atom is -0.276 e. The third-order valence-electron chi connectivity index (χ3n) is 3.57. The Kier molecular flexibility index (Phi) is 4.88. The number of benzene rings is 1. The fourth-order valence-electron chi connectivity index (χ4n) is 2.25. The summed E-state index contributed by atoms with van der Waals surface area (Å²) < 4.78 is 0. The van der Waals surface area contributed by atoms with Gasteiger partial charge in [0.25, 0.3) is 0 Å². The fourth-order valence-corrected chi connectivity index (χ4v) is 4.27. The molecular weight excluding hydrogens is 296 g/mol. The number of hydrogen-bond donors (Lipinski definition) is 0. The SMILES string of the molecule is Cc1ccc(SC2=CCC(=NC3SCCN3C)C=C2)cc1. The summed E-state index contributed by atoms with van der Waals surface area (Å²) in [5.41, 5.74) is 2.80. The van der Waals surface area contributed by atoms with E-state index in [9.17, 15) is 0 Å². The van der Waals surface area contributed by atoms with Crippen molar-refractivity contribution in [2.75, 3.05) is 19.3 Å². The molecule has 0 aromatic heterocycles. The maximum absolute atomic E-state index is 4.83. The molecule has 0 radical (unpaired) electrons. The quantitative estimate of drug-likeness (QED) is 0.825. The van der Waals surface area contributed by atoms with E-state index in [1.165, 1.54) is 26.8 Å². The second kappa shape index (κ2) is 6.86. The van der Waals surface area contributed by atoms with Crippen LogP contribution in [-0.4, -0.2) is 35.5 Å². The zero-order valence-electron chi connectivity index (χ0n) is 12.5. The van der Waals surface area contributed by atoms with Crippen molar-refractivity contribution < 1.29 is 0 Å². The molecule has 1 unspecified atom stereocenters. The second-order valence-corrected chi connectivity index (χ2v) is 7.67. The van der Waals surface area contributed by atoms with Crippen LogP contribution in [0.3, 0.4) is 0 Å². The zero-order valence-corrected chi connectivity index (χ0v) is 14.1. The van der Waals surface area contributed by atoms with Gasteiger partial charge in [-0.25, -0.2) is 0 Å². The van der Waals surface area contributed by atoms with Crippen molar-refractivity contribution in [2.45, 2.75) is 23.7 Å². The van der Waals surface area contributed by atoms with E-state index in [0.717, 1.165) is 13.0 Å². The summed E-state index contributed by atoms with van der Waals surface area (Å²) in [6.45, 7) is 3.26. The number of thioether (sulfide) groups is 2. The lowest BCUT2D eigenvalue weighted by Crippen LogP contribution is -2.22. The second-order valence-electron chi connectivity index (χ2n) is 5.36. The van der Waals surface area contributed by atoms with Crippen LogP contribution in [0.15, 0.2) is 57.3 Å².